The number of carboxylic acids is 1. The number of halogens is 1. The number of hydrogen-bond acceptors (Lipinski definition) is 7. The Balaban J connectivity index is 1.57. The zero-order chi connectivity index (χ0) is 23.3. The lowest BCUT2D eigenvalue weighted by Crippen LogP contribution is -2.31. The van der Waals surface area contributed by atoms with E-state index in [4.69, 9.17) is 4.74 Å². The van der Waals surface area contributed by atoms with E-state index in [-0.39, 0.29) is 29.6 Å². The summed E-state index contributed by atoms with van der Waals surface area (Å²) in [4.78, 5) is 34.7. The average molecular weight is 453 g/mol. The fraction of sp³-hybridized carbons (Fsp3) is 0.391. The number of rotatable bonds is 5. The Labute approximate surface area is 188 Å². The Bertz CT molecular complexity index is 1320. The molecule has 4 heterocycles. The van der Waals surface area contributed by atoms with E-state index in [1.165, 1.54) is 12.5 Å². The minimum atomic E-state index is -1.33. The Hall–Kier alpha value is -3.69. The molecule has 2 atom stereocenters. The van der Waals surface area contributed by atoms with Crippen LogP contribution >= 0.6 is 0 Å². The lowest BCUT2D eigenvalue weighted by Gasteiger charge is -2.32. The molecule has 0 unspecified atom stereocenters. The molecular weight excluding hydrogens is 429 g/mol. The highest BCUT2D eigenvalue weighted by Gasteiger charge is 2.33. The summed E-state index contributed by atoms with van der Waals surface area (Å²) >= 11 is 0. The van der Waals surface area contributed by atoms with Crippen LogP contribution in [0, 0.1) is 12.7 Å². The molecule has 3 aromatic rings. The first-order valence-electron chi connectivity index (χ1n) is 10.9. The number of benzene rings is 1. The highest BCUT2D eigenvalue weighted by molar-refractivity contribution is 5.97. The molecule has 33 heavy (non-hydrogen) atoms. The second kappa shape index (κ2) is 8.02. The molecular formula is C23H24FN5O4. The van der Waals surface area contributed by atoms with Gasteiger partial charge >= 0.3 is 5.97 Å². The van der Waals surface area contributed by atoms with E-state index in [1.807, 2.05) is 24.8 Å². The van der Waals surface area contributed by atoms with Gasteiger partial charge < -0.3 is 24.6 Å². The molecule has 0 radical (unpaired) electrons. The fourth-order valence-corrected chi connectivity index (χ4v) is 4.71. The summed E-state index contributed by atoms with van der Waals surface area (Å²) in [6.45, 7) is 5.23. The van der Waals surface area contributed by atoms with E-state index in [1.54, 1.807) is 4.57 Å². The van der Waals surface area contributed by atoms with Crippen molar-refractivity contribution in [1.29, 1.82) is 0 Å². The van der Waals surface area contributed by atoms with Crippen LogP contribution < -0.4 is 20.4 Å². The van der Waals surface area contributed by atoms with Gasteiger partial charge in [-0.25, -0.2) is 19.2 Å². The molecule has 2 N–H and O–H groups in total. The van der Waals surface area contributed by atoms with E-state index >= 15 is 4.39 Å². The molecule has 2 aliphatic rings. The molecule has 0 aliphatic carbocycles. The van der Waals surface area contributed by atoms with E-state index in [0.29, 0.717) is 42.3 Å². The minimum Gasteiger partial charge on any atom is -0.487 e. The van der Waals surface area contributed by atoms with Crippen molar-refractivity contribution in [2.75, 3.05) is 29.9 Å². The summed E-state index contributed by atoms with van der Waals surface area (Å²) in [6.07, 6.45) is 4.31. The van der Waals surface area contributed by atoms with Gasteiger partial charge in [-0.05, 0) is 25.8 Å². The van der Waals surface area contributed by atoms with E-state index in [0.717, 1.165) is 18.2 Å². The average Bonchev–Trinajstić information content (AvgIpc) is 3.23. The third-order valence-electron chi connectivity index (χ3n) is 6.37. The van der Waals surface area contributed by atoms with Gasteiger partial charge in [-0.3, -0.25) is 4.79 Å². The van der Waals surface area contributed by atoms with Crippen molar-refractivity contribution in [3.8, 4) is 5.75 Å². The lowest BCUT2D eigenvalue weighted by molar-refractivity contribution is 0.0694. The monoisotopic (exact) mass is 453 g/mol. The number of anilines is 2. The molecule has 0 saturated carbocycles. The number of aromatic nitrogens is 3. The second-order valence-corrected chi connectivity index (χ2v) is 8.51. The third kappa shape index (κ3) is 3.55. The van der Waals surface area contributed by atoms with Crippen LogP contribution in [0.4, 0.5) is 15.9 Å². The Morgan fingerprint density at radius 3 is 2.91 bits per heavy atom. The highest BCUT2D eigenvalue weighted by Crippen LogP contribution is 2.43. The van der Waals surface area contributed by atoms with Gasteiger partial charge in [-0.15, -0.1) is 0 Å². The number of carboxylic acid groups (broad SMARTS) is 1. The van der Waals surface area contributed by atoms with Crippen LogP contribution in [0.3, 0.4) is 0 Å². The van der Waals surface area contributed by atoms with Crippen molar-refractivity contribution in [3.05, 3.63) is 52.0 Å². The van der Waals surface area contributed by atoms with Crippen LogP contribution in [-0.2, 0) is 0 Å². The Morgan fingerprint density at radius 2 is 2.18 bits per heavy atom. The van der Waals surface area contributed by atoms with Crippen LogP contribution in [0.5, 0.6) is 5.75 Å². The molecule has 10 heteroatoms. The first-order valence-corrected chi connectivity index (χ1v) is 10.9. The minimum absolute atomic E-state index is 0.0228. The van der Waals surface area contributed by atoms with Gasteiger partial charge in [0.2, 0.25) is 5.43 Å². The molecule has 0 bridgehead atoms. The van der Waals surface area contributed by atoms with Crippen molar-refractivity contribution in [2.45, 2.75) is 38.8 Å². The van der Waals surface area contributed by atoms with Gasteiger partial charge in [0.1, 0.15) is 30.0 Å². The van der Waals surface area contributed by atoms with Crippen molar-refractivity contribution in [3.63, 3.8) is 0 Å². The van der Waals surface area contributed by atoms with Gasteiger partial charge in [-0.2, -0.15) is 0 Å². The molecule has 1 aromatic carbocycles. The molecule has 5 rings (SSSR count). The summed E-state index contributed by atoms with van der Waals surface area (Å²) in [6, 6.07) is 2.90. The first kappa shape index (κ1) is 21.2. The molecule has 2 aromatic heterocycles. The number of aromatic carboxylic acids is 1. The molecule has 9 nitrogen and oxygen atoms in total. The summed E-state index contributed by atoms with van der Waals surface area (Å²) < 4.78 is 23.2. The quantitative estimate of drug-likeness (QED) is 0.607. The van der Waals surface area contributed by atoms with E-state index in [2.05, 4.69) is 15.3 Å². The maximum absolute atomic E-state index is 15.4. The standard InChI is InChI=1S/C23H24FN5O4/c1-3-14-10-33-22-19-15(21(30)16(23(31)32)9-29(14)19)7-17(24)20(22)28-5-4-13(8-28)27-18-6-12(2)25-11-26-18/h6-7,9,11,13-14H,3-5,8,10H2,1-2H3,(H,31,32)(H,25,26,27)/t13-,14+/m1/s1. The van der Waals surface area contributed by atoms with Gasteiger partial charge in [0.15, 0.2) is 11.6 Å². The lowest BCUT2D eigenvalue weighted by atomic mass is 10.0. The van der Waals surface area contributed by atoms with E-state index in [9.17, 15) is 14.7 Å². The number of carbonyl (C=O) groups is 1. The summed E-state index contributed by atoms with van der Waals surface area (Å²) in [7, 11) is 0. The predicted octanol–water partition coefficient (Wildman–Crippen LogP) is 2.97. The molecule has 1 fully saturated rings. The number of aryl methyl sites for hydroxylation is 1. The molecule has 0 amide bonds. The fourth-order valence-electron chi connectivity index (χ4n) is 4.71. The number of hydrogen-bond donors (Lipinski definition) is 2. The predicted molar refractivity (Wildman–Crippen MR) is 121 cm³/mol. The van der Waals surface area contributed by atoms with Crippen LogP contribution in [0.25, 0.3) is 10.9 Å². The zero-order valence-corrected chi connectivity index (χ0v) is 18.3. The maximum Gasteiger partial charge on any atom is 0.341 e. The summed E-state index contributed by atoms with van der Waals surface area (Å²) in [5.74, 6) is -0.919. The normalized spacial score (nSPS) is 19.5. The zero-order valence-electron chi connectivity index (χ0n) is 18.3. The van der Waals surface area contributed by atoms with Crippen molar-refractivity contribution >= 4 is 28.4 Å². The summed E-state index contributed by atoms with van der Waals surface area (Å²) in [5, 5.41) is 12.9. The van der Waals surface area contributed by atoms with Gasteiger partial charge in [0, 0.05) is 37.1 Å². The Morgan fingerprint density at radius 1 is 1.36 bits per heavy atom. The van der Waals surface area contributed by atoms with Gasteiger partial charge in [0.25, 0.3) is 0 Å². The topological polar surface area (TPSA) is 110 Å². The van der Waals surface area contributed by atoms with Gasteiger partial charge in [0.05, 0.1) is 16.9 Å². The SMILES string of the molecule is CC[C@H]1COc2c(N3CC[C@@H](Nc4cc(C)ncn4)C3)c(F)cc3c(=O)c(C(=O)O)cn1c23. The summed E-state index contributed by atoms with van der Waals surface area (Å²) in [5.41, 5.74) is 0.524. The van der Waals surface area contributed by atoms with Crippen molar-refractivity contribution in [1.82, 2.24) is 14.5 Å². The number of nitrogens with zero attached hydrogens (tertiary/aromatic N) is 4. The van der Waals surface area contributed by atoms with Gasteiger partial charge in [-0.1, -0.05) is 6.92 Å². The van der Waals surface area contributed by atoms with Crippen LogP contribution in [0.15, 0.2) is 29.5 Å². The molecule has 0 spiro atoms. The maximum atomic E-state index is 15.4. The van der Waals surface area contributed by atoms with Crippen molar-refractivity contribution < 1.29 is 19.0 Å². The van der Waals surface area contributed by atoms with E-state index < -0.39 is 17.2 Å². The van der Waals surface area contributed by atoms with Crippen LogP contribution in [0.1, 0.15) is 41.9 Å². The smallest absolute Gasteiger partial charge is 0.341 e. The van der Waals surface area contributed by atoms with Crippen LogP contribution in [-0.4, -0.2) is 51.3 Å². The molecule has 2 aliphatic heterocycles. The highest BCUT2D eigenvalue weighted by atomic mass is 19.1. The van der Waals surface area contributed by atoms with Crippen molar-refractivity contribution in [2.24, 2.45) is 0 Å². The second-order valence-electron chi connectivity index (χ2n) is 8.51. The Kier molecular flexibility index (Phi) is 5.15. The number of ether oxygens (including phenoxy) is 1. The molecule has 1 saturated heterocycles. The number of pyridine rings is 1. The number of nitrogens with one attached hydrogen (secondary N) is 1. The third-order valence-corrected chi connectivity index (χ3v) is 6.37. The largest absolute Gasteiger partial charge is 0.487 e. The first-order chi connectivity index (χ1) is 15.9. The molecule has 172 valence electrons. The van der Waals surface area contributed by atoms with Crippen LogP contribution in [0.2, 0.25) is 0 Å².